The van der Waals surface area contributed by atoms with Crippen LogP contribution in [0, 0.1) is 18.6 Å². The molecule has 3 rings (SSSR count). The van der Waals surface area contributed by atoms with Crippen molar-refractivity contribution in [1.82, 2.24) is 10.2 Å². The topological polar surface area (TPSA) is 86.8 Å². The van der Waals surface area contributed by atoms with E-state index >= 15 is 0 Å². The molecule has 0 aliphatic carbocycles. The number of hydrogen-bond donors (Lipinski definition) is 1. The second kappa shape index (κ2) is 11.3. The van der Waals surface area contributed by atoms with Crippen LogP contribution in [-0.2, 0) is 26.2 Å². The van der Waals surface area contributed by atoms with Gasteiger partial charge in [-0.2, -0.15) is 0 Å². The summed E-state index contributed by atoms with van der Waals surface area (Å²) in [5.41, 5.74) is 1.67. The Kier molecular flexibility index (Phi) is 8.41. The maximum absolute atomic E-state index is 13.6. The Labute approximate surface area is 209 Å². The summed E-state index contributed by atoms with van der Waals surface area (Å²) in [7, 11) is -2.85. The molecule has 190 valence electrons. The van der Waals surface area contributed by atoms with E-state index in [1.165, 1.54) is 43.1 Å². The van der Waals surface area contributed by atoms with Crippen LogP contribution in [0.2, 0.25) is 0 Å². The SMILES string of the molecule is CNC(=O)[C@@H](C)N(Cc1ccc(F)cc1)C(=O)CN(c1ccc(C)cc1)S(=O)(=O)c1ccc(F)cc1. The molecular weight excluding hydrogens is 488 g/mol. The molecule has 1 N–H and O–H groups in total. The number of aryl methyl sites for hydroxylation is 1. The number of halogens is 2. The Balaban J connectivity index is 2.01. The number of likely N-dealkylation sites (N-methyl/N-ethyl adjacent to an activating group) is 1. The number of anilines is 1. The molecule has 3 aromatic carbocycles. The predicted octanol–water partition coefficient (Wildman–Crippen LogP) is 3.63. The fourth-order valence-corrected chi connectivity index (χ4v) is 4.97. The zero-order chi connectivity index (χ0) is 26.5. The molecule has 1 atom stereocenters. The van der Waals surface area contributed by atoms with Crippen LogP contribution in [0.5, 0.6) is 0 Å². The van der Waals surface area contributed by atoms with E-state index in [0.29, 0.717) is 5.56 Å². The summed E-state index contributed by atoms with van der Waals surface area (Å²) in [5, 5.41) is 2.49. The third-order valence-corrected chi connectivity index (χ3v) is 7.47. The first-order valence-electron chi connectivity index (χ1n) is 11.1. The standard InChI is InChI=1S/C26H27F2N3O4S/c1-18-4-12-23(13-5-18)31(36(34,35)24-14-10-22(28)11-15-24)17-25(32)30(19(2)26(33)29-3)16-20-6-8-21(27)9-7-20/h4-15,19H,16-17H2,1-3H3,(H,29,33)/t19-/m1/s1. The van der Waals surface area contributed by atoms with Gasteiger partial charge in [-0.15, -0.1) is 0 Å². The number of rotatable bonds is 9. The Morgan fingerprint density at radius 2 is 1.42 bits per heavy atom. The minimum Gasteiger partial charge on any atom is -0.357 e. The van der Waals surface area contributed by atoms with E-state index in [0.717, 1.165) is 34.1 Å². The second-order valence-electron chi connectivity index (χ2n) is 8.24. The van der Waals surface area contributed by atoms with Crippen molar-refractivity contribution in [2.75, 3.05) is 17.9 Å². The molecule has 0 saturated carbocycles. The molecule has 0 aliphatic heterocycles. The minimum absolute atomic E-state index is 0.0496. The second-order valence-corrected chi connectivity index (χ2v) is 10.1. The van der Waals surface area contributed by atoms with Gasteiger partial charge in [0.05, 0.1) is 10.6 Å². The van der Waals surface area contributed by atoms with Crippen LogP contribution in [0.3, 0.4) is 0 Å². The van der Waals surface area contributed by atoms with E-state index in [-0.39, 0.29) is 17.1 Å². The Morgan fingerprint density at radius 1 is 0.889 bits per heavy atom. The van der Waals surface area contributed by atoms with Crippen LogP contribution in [0.4, 0.5) is 14.5 Å². The monoisotopic (exact) mass is 515 g/mol. The zero-order valence-corrected chi connectivity index (χ0v) is 20.9. The first-order valence-corrected chi connectivity index (χ1v) is 12.6. The van der Waals surface area contributed by atoms with Crippen molar-refractivity contribution in [3.8, 4) is 0 Å². The molecule has 0 aliphatic rings. The van der Waals surface area contributed by atoms with Gasteiger partial charge in [-0.05, 0) is 67.9 Å². The lowest BCUT2D eigenvalue weighted by Crippen LogP contribution is -2.50. The van der Waals surface area contributed by atoms with Crippen LogP contribution in [-0.4, -0.2) is 44.8 Å². The largest absolute Gasteiger partial charge is 0.357 e. The van der Waals surface area contributed by atoms with Crippen LogP contribution in [0.25, 0.3) is 0 Å². The van der Waals surface area contributed by atoms with Crippen LogP contribution >= 0.6 is 0 Å². The van der Waals surface area contributed by atoms with Gasteiger partial charge in [0, 0.05) is 13.6 Å². The number of sulfonamides is 1. The van der Waals surface area contributed by atoms with Gasteiger partial charge in [0.15, 0.2) is 0 Å². The van der Waals surface area contributed by atoms with Gasteiger partial charge in [0.1, 0.15) is 24.2 Å². The summed E-state index contributed by atoms with van der Waals surface area (Å²) in [6.07, 6.45) is 0. The lowest BCUT2D eigenvalue weighted by molar-refractivity contribution is -0.139. The highest BCUT2D eigenvalue weighted by atomic mass is 32.2. The number of hydrogen-bond acceptors (Lipinski definition) is 4. The number of nitrogens with zero attached hydrogens (tertiary/aromatic N) is 2. The Morgan fingerprint density at radius 3 is 1.94 bits per heavy atom. The van der Waals surface area contributed by atoms with Crippen LogP contribution in [0.1, 0.15) is 18.1 Å². The highest BCUT2D eigenvalue weighted by molar-refractivity contribution is 7.92. The van der Waals surface area contributed by atoms with Crippen molar-refractivity contribution in [2.24, 2.45) is 0 Å². The lowest BCUT2D eigenvalue weighted by Gasteiger charge is -2.31. The summed E-state index contributed by atoms with van der Waals surface area (Å²) in [6, 6.07) is 15.3. The highest BCUT2D eigenvalue weighted by Gasteiger charge is 2.32. The van der Waals surface area contributed by atoms with Gasteiger partial charge < -0.3 is 10.2 Å². The van der Waals surface area contributed by atoms with Gasteiger partial charge in [-0.25, -0.2) is 17.2 Å². The maximum Gasteiger partial charge on any atom is 0.264 e. The number of carbonyl (C=O) groups excluding carboxylic acids is 2. The number of nitrogens with one attached hydrogen (secondary N) is 1. The quantitative estimate of drug-likeness (QED) is 0.472. The summed E-state index contributed by atoms with van der Waals surface area (Å²) < 4.78 is 54.9. The lowest BCUT2D eigenvalue weighted by atomic mass is 10.1. The molecule has 0 radical (unpaired) electrons. The van der Waals surface area contributed by atoms with Crippen molar-refractivity contribution in [1.29, 1.82) is 0 Å². The first kappa shape index (κ1) is 26.8. The molecule has 0 bridgehead atoms. The molecule has 0 aromatic heterocycles. The number of amides is 2. The summed E-state index contributed by atoms with van der Waals surface area (Å²) in [4.78, 5) is 27.0. The van der Waals surface area contributed by atoms with Crippen molar-refractivity contribution >= 4 is 27.5 Å². The van der Waals surface area contributed by atoms with E-state index in [9.17, 15) is 26.8 Å². The van der Waals surface area contributed by atoms with Gasteiger partial charge >= 0.3 is 0 Å². The van der Waals surface area contributed by atoms with E-state index in [1.807, 2.05) is 6.92 Å². The molecular formula is C26H27F2N3O4S. The third kappa shape index (κ3) is 6.25. The molecule has 0 unspecified atom stereocenters. The molecule has 3 aromatic rings. The fourth-order valence-electron chi connectivity index (χ4n) is 3.55. The Bertz CT molecular complexity index is 1310. The van der Waals surface area contributed by atoms with Gasteiger partial charge in [-0.1, -0.05) is 29.8 Å². The Hall–Kier alpha value is -3.79. The van der Waals surface area contributed by atoms with Gasteiger partial charge in [0.2, 0.25) is 11.8 Å². The molecule has 0 saturated heterocycles. The molecule has 36 heavy (non-hydrogen) atoms. The van der Waals surface area contributed by atoms with Crippen LogP contribution < -0.4 is 9.62 Å². The average molecular weight is 516 g/mol. The summed E-state index contributed by atoms with van der Waals surface area (Å²) in [6.45, 7) is 2.69. The molecule has 10 heteroatoms. The van der Waals surface area contributed by atoms with Crippen molar-refractivity contribution < 1.29 is 26.8 Å². The molecule has 2 amide bonds. The molecule has 7 nitrogen and oxygen atoms in total. The zero-order valence-electron chi connectivity index (χ0n) is 20.1. The van der Waals surface area contributed by atoms with Gasteiger partial charge in [0.25, 0.3) is 10.0 Å². The molecule has 0 spiro atoms. The number of benzene rings is 3. The van der Waals surface area contributed by atoms with Crippen molar-refractivity contribution in [2.45, 2.75) is 31.3 Å². The summed E-state index contributed by atoms with van der Waals surface area (Å²) >= 11 is 0. The maximum atomic E-state index is 13.6. The highest BCUT2D eigenvalue weighted by Crippen LogP contribution is 2.25. The van der Waals surface area contributed by atoms with E-state index in [2.05, 4.69) is 5.32 Å². The normalized spacial score (nSPS) is 12.0. The molecule has 0 fully saturated rings. The van der Waals surface area contributed by atoms with Crippen molar-refractivity contribution in [3.63, 3.8) is 0 Å². The minimum atomic E-state index is -4.27. The van der Waals surface area contributed by atoms with E-state index in [1.54, 1.807) is 24.3 Å². The van der Waals surface area contributed by atoms with Crippen LogP contribution in [0.15, 0.2) is 77.7 Å². The number of carbonyl (C=O) groups is 2. The van der Waals surface area contributed by atoms with Crippen molar-refractivity contribution in [3.05, 3.63) is 95.6 Å². The fraction of sp³-hybridized carbons (Fsp3) is 0.231. The third-order valence-electron chi connectivity index (χ3n) is 5.68. The van der Waals surface area contributed by atoms with E-state index < -0.39 is 46.1 Å². The van der Waals surface area contributed by atoms with E-state index in [4.69, 9.17) is 0 Å². The smallest absolute Gasteiger partial charge is 0.264 e. The summed E-state index contributed by atoms with van der Waals surface area (Å²) in [5.74, 6) is -2.15. The predicted molar refractivity (Wildman–Crippen MR) is 133 cm³/mol. The average Bonchev–Trinajstić information content (AvgIpc) is 2.86. The first-order chi connectivity index (χ1) is 17.0. The molecule has 0 heterocycles. The van der Waals surface area contributed by atoms with Gasteiger partial charge in [-0.3, -0.25) is 13.9 Å².